The van der Waals surface area contributed by atoms with Gasteiger partial charge >= 0.3 is 0 Å². The van der Waals surface area contributed by atoms with E-state index in [1.54, 1.807) is 12.1 Å². The van der Waals surface area contributed by atoms with Gasteiger partial charge in [0, 0.05) is 31.1 Å². The Balaban J connectivity index is 1.75. The summed E-state index contributed by atoms with van der Waals surface area (Å²) in [6.07, 6.45) is 0.773. The summed E-state index contributed by atoms with van der Waals surface area (Å²) in [6.45, 7) is 4.98. The van der Waals surface area contributed by atoms with Crippen molar-refractivity contribution in [2.75, 3.05) is 19.6 Å². The number of carbonyl (C=O) groups is 1. The van der Waals surface area contributed by atoms with Crippen molar-refractivity contribution in [1.29, 1.82) is 0 Å². The maximum absolute atomic E-state index is 12.5. The van der Waals surface area contributed by atoms with Crippen molar-refractivity contribution in [3.05, 3.63) is 39.4 Å². The molecule has 0 radical (unpaired) electrons. The van der Waals surface area contributed by atoms with Crippen LogP contribution in [-0.2, 0) is 17.8 Å². The Morgan fingerprint density at radius 3 is 2.81 bits per heavy atom. The Hall–Kier alpha value is -1.95. The second-order valence-corrected chi connectivity index (χ2v) is 5.93. The quantitative estimate of drug-likeness (QED) is 0.673. The van der Waals surface area contributed by atoms with E-state index < -0.39 is 0 Å². The molecule has 1 N–H and O–H groups in total. The van der Waals surface area contributed by atoms with Crippen molar-refractivity contribution in [1.82, 2.24) is 10.2 Å². The molecule has 0 spiro atoms. The molecule has 1 fully saturated rings. The molecular formula is C15H19N3O3. The number of non-ortho nitro benzene ring substituents is 1. The first-order chi connectivity index (χ1) is 10.1. The minimum atomic E-state index is -0.385. The van der Waals surface area contributed by atoms with Crippen molar-refractivity contribution < 1.29 is 9.72 Å². The highest BCUT2D eigenvalue weighted by atomic mass is 16.6. The van der Waals surface area contributed by atoms with Crippen LogP contribution >= 0.6 is 0 Å². The van der Waals surface area contributed by atoms with Crippen LogP contribution in [-0.4, -0.2) is 35.4 Å². The maximum atomic E-state index is 12.5. The minimum absolute atomic E-state index is 0.0199. The molecule has 2 heterocycles. The first kappa shape index (κ1) is 14.0. The van der Waals surface area contributed by atoms with Crippen LogP contribution in [0, 0.1) is 22.0 Å². The van der Waals surface area contributed by atoms with Crippen LogP contribution in [0.15, 0.2) is 18.2 Å². The third-order valence-electron chi connectivity index (χ3n) is 4.63. The largest absolute Gasteiger partial charge is 0.338 e. The van der Waals surface area contributed by atoms with Crippen LogP contribution in [0.5, 0.6) is 0 Å². The Kier molecular flexibility index (Phi) is 3.63. The number of amides is 1. The number of hydrogen-bond donors (Lipinski definition) is 1. The van der Waals surface area contributed by atoms with Gasteiger partial charge in [-0.3, -0.25) is 14.9 Å². The van der Waals surface area contributed by atoms with Gasteiger partial charge in [-0.1, -0.05) is 13.0 Å². The third-order valence-corrected chi connectivity index (χ3v) is 4.63. The summed E-state index contributed by atoms with van der Waals surface area (Å²) in [5.74, 6) is 0.606. The van der Waals surface area contributed by atoms with E-state index in [1.807, 2.05) is 17.9 Å². The third kappa shape index (κ3) is 2.63. The fourth-order valence-electron chi connectivity index (χ4n) is 3.00. The lowest BCUT2D eigenvalue weighted by Crippen LogP contribution is -2.51. The van der Waals surface area contributed by atoms with E-state index in [0.717, 1.165) is 30.6 Å². The number of rotatable bonds is 3. The second-order valence-electron chi connectivity index (χ2n) is 5.93. The first-order valence-corrected chi connectivity index (χ1v) is 7.32. The van der Waals surface area contributed by atoms with Crippen molar-refractivity contribution in [3.63, 3.8) is 0 Å². The number of fused-ring (bicyclic) bond motifs is 1. The van der Waals surface area contributed by atoms with Crippen LogP contribution in [0.3, 0.4) is 0 Å². The smallest absolute Gasteiger partial charge is 0.269 e. The molecule has 1 unspecified atom stereocenters. The molecule has 6 nitrogen and oxygen atoms in total. The fourth-order valence-corrected chi connectivity index (χ4v) is 3.00. The topological polar surface area (TPSA) is 75.5 Å². The highest BCUT2D eigenvalue weighted by Gasteiger charge is 2.33. The Labute approximate surface area is 123 Å². The Morgan fingerprint density at radius 1 is 1.43 bits per heavy atom. The number of hydrogen-bond acceptors (Lipinski definition) is 4. The number of nitro benzene ring substituents is 1. The predicted molar refractivity (Wildman–Crippen MR) is 77.7 cm³/mol. The molecule has 1 aromatic carbocycles. The zero-order valence-electron chi connectivity index (χ0n) is 12.0. The van der Waals surface area contributed by atoms with Gasteiger partial charge in [0.05, 0.1) is 4.92 Å². The Bertz CT molecular complexity index is 584. The number of carbonyl (C=O) groups excluding carboxylic acids is 1. The lowest BCUT2D eigenvalue weighted by Gasteiger charge is -2.36. The molecule has 6 heteroatoms. The van der Waals surface area contributed by atoms with E-state index in [2.05, 4.69) is 5.32 Å². The standard InChI is InChI=1S/C15H19N3O3/c1-10(13-7-16-8-13)15(19)17-5-4-11-2-3-14(18(20)21)6-12(11)9-17/h2-3,6,10,13,16H,4-5,7-9H2,1H3. The lowest BCUT2D eigenvalue weighted by atomic mass is 9.87. The number of benzene rings is 1. The molecule has 21 heavy (non-hydrogen) atoms. The average molecular weight is 289 g/mol. The summed E-state index contributed by atoms with van der Waals surface area (Å²) < 4.78 is 0. The van der Waals surface area contributed by atoms with Crippen molar-refractivity contribution in [2.24, 2.45) is 11.8 Å². The van der Waals surface area contributed by atoms with Gasteiger partial charge in [-0.25, -0.2) is 0 Å². The summed E-state index contributed by atoms with van der Waals surface area (Å²) >= 11 is 0. The van der Waals surface area contributed by atoms with Gasteiger partial charge in [0.2, 0.25) is 5.91 Å². The Morgan fingerprint density at radius 2 is 2.19 bits per heavy atom. The summed E-state index contributed by atoms with van der Waals surface area (Å²) in [7, 11) is 0. The second kappa shape index (κ2) is 5.44. The number of nitrogens with zero attached hydrogens (tertiary/aromatic N) is 2. The van der Waals surface area contributed by atoms with Gasteiger partial charge in [0.15, 0.2) is 0 Å². The fraction of sp³-hybridized carbons (Fsp3) is 0.533. The van der Waals surface area contributed by atoms with E-state index in [-0.39, 0.29) is 22.4 Å². The van der Waals surface area contributed by atoms with Crippen LogP contribution in [0.25, 0.3) is 0 Å². The van der Waals surface area contributed by atoms with Crippen molar-refractivity contribution >= 4 is 11.6 Å². The molecule has 0 bridgehead atoms. The van der Waals surface area contributed by atoms with E-state index in [4.69, 9.17) is 0 Å². The van der Waals surface area contributed by atoms with E-state index in [1.165, 1.54) is 0 Å². The monoisotopic (exact) mass is 289 g/mol. The molecule has 1 aromatic rings. The molecule has 1 atom stereocenters. The SMILES string of the molecule is CC(C(=O)N1CCc2ccc([N+](=O)[O-])cc2C1)C1CNC1. The zero-order valence-corrected chi connectivity index (χ0v) is 12.0. The molecule has 3 rings (SSSR count). The molecule has 112 valence electrons. The highest BCUT2D eigenvalue weighted by molar-refractivity contribution is 5.79. The van der Waals surface area contributed by atoms with E-state index in [9.17, 15) is 14.9 Å². The molecule has 2 aliphatic heterocycles. The van der Waals surface area contributed by atoms with Crippen LogP contribution in [0.4, 0.5) is 5.69 Å². The molecule has 1 amide bonds. The van der Waals surface area contributed by atoms with Gasteiger partial charge in [0.1, 0.15) is 0 Å². The number of nitrogens with one attached hydrogen (secondary N) is 1. The van der Waals surface area contributed by atoms with Crippen molar-refractivity contribution in [3.8, 4) is 0 Å². The van der Waals surface area contributed by atoms with Gasteiger partial charge in [-0.05, 0) is 36.6 Å². The first-order valence-electron chi connectivity index (χ1n) is 7.32. The molecular weight excluding hydrogens is 270 g/mol. The van der Waals surface area contributed by atoms with Crippen LogP contribution in [0.2, 0.25) is 0 Å². The molecule has 0 aliphatic carbocycles. The summed E-state index contributed by atoms with van der Waals surface area (Å²) in [4.78, 5) is 24.8. The molecule has 1 saturated heterocycles. The molecule has 0 saturated carbocycles. The van der Waals surface area contributed by atoms with Gasteiger partial charge in [-0.15, -0.1) is 0 Å². The van der Waals surface area contributed by atoms with Gasteiger partial charge < -0.3 is 10.2 Å². The van der Waals surface area contributed by atoms with Gasteiger partial charge in [0.25, 0.3) is 5.69 Å². The highest BCUT2D eigenvalue weighted by Crippen LogP contribution is 2.26. The normalized spacial score (nSPS) is 19.6. The predicted octanol–water partition coefficient (Wildman–Crippen LogP) is 1.33. The van der Waals surface area contributed by atoms with Gasteiger partial charge in [-0.2, -0.15) is 0 Å². The summed E-state index contributed by atoms with van der Waals surface area (Å²) in [5.41, 5.74) is 2.12. The minimum Gasteiger partial charge on any atom is -0.338 e. The number of nitro groups is 1. The molecule has 2 aliphatic rings. The lowest BCUT2D eigenvalue weighted by molar-refractivity contribution is -0.385. The summed E-state index contributed by atoms with van der Waals surface area (Å²) in [6, 6.07) is 4.96. The summed E-state index contributed by atoms with van der Waals surface area (Å²) in [5, 5.41) is 14.1. The van der Waals surface area contributed by atoms with Crippen LogP contribution < -0.4 is 5.32 Å². The van der Waals surface area contributed by atoms with Crippen LogP contribution in [0.1, 0.15) is 18.1 Å². The maximum Gasteiger partial charge on any atom is 0.269 e. The van der Waals surface area contributed by atoms with E-state index in [0.29, 0.717) is 19.0 Å². The average Bonchev–Trinajstić information content (AvgIpc) is 2.43. The van der Waals surface area contributed by atoms with E-state index >= 15 is 0 Å². The zero-order chi connectivity index (χ0) is 15.0. The van der Waals surface area contributed by atoms with Crippen molar-refractivity contribution in [2.45, 2.75) is 19.9 Å². The molecule has 0 aromatic heterocycles.